The van der Waals surface area contributed by atoms with Crippen molar-refractivity contribution in [2.75, 3.05) is 11.5 Å². The van der Waals surface area contributed by atoms with Crippen molar-refractivity contribution >= 4 is 50.8 Å². The summed E-state index contributed by atoms with van der Waals surface area (Å²) >= 11 is 4.96. The molecule has 28 heavy (non-hydrogen) atoms. The lowest BCUT2D eigenvalue weighted by Crippen LogP contribution is -2.28. The number of amides is 1. The summed E-state index contributed by atoms with van der Waals surface area (Å²) in [6.45, 7) is 2.51. The molecule has 0 aromatic heterocycles. The van der Waals surface area contributed by atoms with Gasteiger partial charge in [-0.15, -0.1) is 0 Å². The second kappa shape index (κ2) is 7.85. The van der Waals surface area contributed by atoms with Crippen LogP contribution in [0.25, 0.3) is 5.70 Å². The minimum Gasteiger partial charge on any atom is -0.494 e. The number of halogens is 1. The van der Waals surface area contributed by atoms with Crippen LogP contribution in [0.1, 0.15) is 18.9 Å². The fourth-order valence-corrected chi connectivity index (χ4v) is 4.28. The molecular weight excluding hydrogens is 438 g/mol. The highest BCUT2D eigenvalue weighted by Gasteiger charge is 2.35. The fraction of sp³-hybridized carbons (Fsp3) is 0.143. The van der Waals surface area contributed by atoms with E-state index in [1.165, 1.54) is 16.7 Å². The maximum absolute atomic E-state index is 12.6. The molecule has 2 aromatic rings. The number of rotatable bonds is 4. The lowest BCUT2D eigenvalue weighted by molar-refractivity contribution is -0.116. The number of nitrogens with one attached hydrogen (secondary N) is 2. The number of nitrogens with zero attached hydrogens (tertiary/aromatic N) is 1. The summed E-state index contributed by atoms with van der Waals surface area (Å²) in [5.41, 5.74) is 3.43. The highest BCUT2D eigenvalue weighted by molar-refractivity contribution is 9.10. The highest BCUT2D eigenvalue weighted by atomic mass is 79.9. The van der Waals surface area contributed by atoms with E-state index in [0.29, 0.717) is 17.9 Å². The Morgan fingerprint density at radius 3 is 2.57 bits per heavy atom. The van der Waals surface area contributed by atoms with Gasteiger partial charge in [0.25, 0.3) is 0 Å². The number of amidine groups is 1. The Kier molecular flexibility index (Phi) is 5.28. The number of ether oxygens (including phenoxy) is 1. The van der Waals surface area contributed by atoms with Crippen molar-refractivity contribution in [1.29, 1.82) is 5.41 Å². The van der Waals surface area contributed by atoms with Gasteiger partial charge in [-0.3, -0.25) is 15.1 Å². The van der Waals surface area contributed by atoms with Crippen LogP contribution in [0.15, 0.2) is 69.0 Å². The molecule has 0 aliphatic carbocycles. The molecule has 2 heterocycles. The molecule has 2 aromatic carbocycles. The first kappa shape index (κ1) is 18.8. The number of hydrogen-bond acceptors (Lipinski definition) is 5. The van der Waals surface area contributed by atoms with E-state index in [9.17, 15) is 4.79 Å². The molecule has 0 radical (unpaired) electrons. The summed E-state index contributed by atoms with van der Waals surface area (Å²) in [5.74, 6) is 0.866. The minimum absolute atomic E-state index is 0.101. The third-order valence-corrected chi connectivity index (χ3v) is 5.93. The van der Waals surface area contributed by atoms with E-state index < -0.39 is 0 Å². The second-order valence-corrected chi connectivity index (χ2v) is 8.07. The van der Waals surface area contributed by atoms with Crippen molar-refractivity contribution in [3.8, 4) is 5.75 Å². The summed E-state index contributed by atoms with van der Waals surface area (Å²) in [6, 6.07) is 15.3. The van der Waals surface area contributed by atoms with Crippen LogP contribution in [0.3, 0.4) is 0 Å². The Labute approximate surface area is 176 Å². The van der Waals surface area contributed by atoms with E-state index in [-0.39, 0.29) is 18.2 Å². The average Bonchev–Trinajstić information content (AvgIpc) is 3.28. The molecule has 0 atom stereocenters. The van der Waals surface area contributed by atoms with Crippen LogP contribution in [0, 0.1) is 5.41 Å². The molecule has 1 fully saturated rings. The monoisotopic (exact) mass is 455 g/mol. The predicted molar refractivity (Wildman–Crippen MR) is 117 cm³/mol. The van der Waals surface area contributed by atoms with Gasteiger partial charge >= 0.3 is 0 Å². The molecule has 4 rings (SSSR count). The smallest absolute Gasteiger partial charge is 0.237 e. The number of anilines is 1. The molecule has 7 heteroatoms. The van der Waals surface area contributed by atoms with E-state index in [1.807, 2.05) is 60.9 Å². The molecule has 2 aliphatic rings. The van der Waals surface area contributed by atoms with Crippen molar-refractivity contribution in [1.82, 2.24) is 5.32 Å². The van der Waals surface area contributed by atoms with Gasteiger partial charge in [0.1, 0.15) is 11.6 Å². The first-order chi connectivity index (χ1) is 13.6. The van der Waals surface area contributed by atoms with Crippen molar-refractivity contribution < 1.29 is 9.53 Å². The van der Waals surface area contributed by atoms with Gasteiger partial charge in [-0.05, 0) is 48.9 Å². The van der Waals surface area contributed by atoms with Crippen LogP contribution >= 0.6 is 27.7 Å². The van der Waals surface area contributed by atoms with Crippen LogP contribution in [-0.4, -0.2) is 18.3 Å². The number of carbonyl (C=O) groups excluding carboxylic acids is 1. The van der Waals surface area contributed by atoms with Crippen molar-refractivity contribution in [2.45, 2.75) is 13.3 Å². The topological polar surface area (TPSA) is 65.4 Å². The van der Waals surface area contributed by atoms with Gasteiger partial charge in [0.05, 0.1) is 29.4 Å². The van der Waals surface area contributed by atoms with E-state index in [1.54, 1.807) is 0 Å². The second-order valence-electron chi connectivity index (χ2n) is 6.27. The maximum Gasteiger partial charge on any atom is 0.237 e. The lowest BCUT2D eigenvalue weighted by atomic mass is 10.2. The van der Waals surface area contributed by atoms with E-state index in [4.69, 9.17) is 10.1 Å². The molecule has 1 amide bonds. The maximum atomic E-state index is 12.6. The van der Waals surface area contributed by atoms with Crippen LogP contribution < -0.4 is 15.0 Å². The van der Waals surface area contributed by atoms with Gasteiger partial charge in [-0.2, -0.15) is 0 Å². The SMILES string of the molecule is CCOc1ccc(N2C(=N)/C(=C3\NC(c4ccc(Br)cc4)=CS3)CC2=O)cc1. The van der Waals surface area contributed by atoms with Gasteiger partial charge in [0.2, 0.25) is 5.91 Å². The average molecular weight is 456 g/mol. The van der Waals surface area contributed by atoms with Crippen LogP contribution in [0.4, 0.5) is 5.69 Å². The van der Waals surface area contributed by atoms with Crippen LogP contribution in [-0.2, 0) is 4.79 Å². The van der Waals surface area contributed by atoms with E-state index >= 15 is 0 Å². The zero-order valence-electron chi connectivity index (χ0n) is 15.2. The molecule has 2 N–H and O–H groups in total. The van der Waals surface area contributed by atoms with Gasteiger partial charge in [-0.25, -0.2) is 0 Å². The Hall–Kier alpha value is -2.51. The van der Waals surface area contributed by atoms with Crippen molar-refractivity contribution in [3.05, 3.63) is 74.6 Å². The van der Waals surface area contributed by atoms with Crippen molar-refractivity contribution in [3.63, 3.8) is 0 Å². The summed E-state index contributed by atoms with van der Waals surface area (Å²) in [7, 11) is 0. The third-order valence-electron chi connectivity index (χ3n) is 4.46. The van der Waals surface area contributed by atoms with Crippen LogP contribution in [0.2, 0.25) is 0 Å². The van der Waals surface area contributed by atoms with Gasteiger partial charge in [0, 0.05) is 15.5 Å². The number of benzene rings is 2. The zero-order chi connectivity index (χ0) is 19.7. The quantitative estimate of drug-likeness (QED) is 0.672. The highest BCUT2D eigenvalue weighted by Crippen LogP contribution is 2.37. The van der Waals surface area contributed by atoms with Gasteiger partial charge in [0.15, 0.2) is 0 Å². The largest absolute Gasteiger partial charge is 0.494 e. The van der Waals surface area contributed by atoms with Crippen molar-refractivity contribution in [2.24, 2.45) is 0 Å². The zero-order valence-corrected chi connectivity index (χ0v) is 17.6. The summed E-state index contributed by atoms with van der Waals surface area (Å²) < 4.78 is 6.47. The van der Waals surface area contributed by atoms with Gasteiger partial charge in [-0.1, -0.05) is 39.8 Å². The molecule has 142 valence electrons. The molecule has 5 nitrogen and oxygen atoms in total. The first-order valence-electron chi connectivity index (χ1n) is 8.84. The Morgan fingerprint density at radius 1 is 1.18 bits per heavy atom. The fourth-order valence-electron chi connectivity index (χ4n) is 3.11. The predicted octanol–water partition coefficient (Wildman–Crippen LogP) is 5.11. The molecule has 0 bridgehead atoms. The molecule has 0 saturated carbocycles. The minimum atomic E-state index is -0.101. The molecular formula is C21H18BrN3O2S. The molecule has 2 aliphatic heterocycles. The standard InChI is InChI=1S/C21H18BrN3O2S/c1-2-27-16-9-7-15(8-10-16)25-19(26)11-17(20(25)23)21-24-18(12-28-21)13-3-5-14(22)6-4-13/h3-10,12,23-24H,2,11H2,1H3/b21-17+,23-20?. The number of thioether (sulfide) groups is 1. The van der Waals surface area contributed by atoms with E-state index in [0.717, 1.165) is 26.5 Å². The summed E-state index contributed by atoms with van der Waals surface area (Å²) in [5, 5.41) is 14.8. The van der Waals surface area contributed by atoms with E-state index in [2.05, 4.69) is 21.2 Å². The summed E-state index contributed by atoms with van der Waals surface area (Å²) in [6.07, 6.45) is 0.211. The third kappa shape index (κ3) is 3.59. The number of hydrogen-bond donors (Lipinski definition) is 2. The molecule has 0 unspecified atom stereocenters. The molecule has 0 spiro atoms. The molecule has 1 saturated heterocycles. The first-order valence-corrected chi connectivity index (χ1v) is 10.5. The number of carbonyl (C=O) groups is 1. The Bertz CT molecular complexity index is 997. The Morgan fingerprint density at radius 2 is 1.89 bits per heavy atom. The van der Waals surface area contributed by atoms with Crippen LogP contribution in [0.5, 0.6) is 5.75 Å². The normalized spacial score (nSPS) is 19.1. The lowest BCUT2D eigenvalue weighted by Gasteiger charge is -2.16. The summed E-state index contributed by atoms with van der Waals surface area (Å²) in [4.78, 5) is 14.1. The Balaban J connectivity index is 1.55. The van der Waals surface area contributed by atoms with Gasteiger partial charge < -0.3 is 10.1 Å².